The van der Waals surface area contributed by atoms with Gasteiger partial charge in [-0.25, -0.2) is 0 Å². The molecule has 14 aromatic carbocycles. The van der Waals surface area contributed by atoms with Crippen LogP contribution in [0.4, 0.5) is 34.1 Å². The highest BCUT2D eigenvalue weighted by atomic mass is 32.2. The van der Waals surface area contributed by atoms with Gasteiger partial charge in [-0.05, 0) is 175 Å². The van der Waals surface area contributed by atoms with E-state index in [1.54, 1.807) is 0 Å². The van der Waals surface area contributed by atoms with Gasteiger partial charge in [0.25, 0.3) is 0 Å². The van der Waals surface area contributed by atoms with Gasteiger partial charge in [0.1, 0.15) is 0 Å². The second-order valence-corrected chi connectivity index (χ2v) is 28.1. The molecule has 0 saturated carbocycles. The van der Waals surface area contributed by atoms with Crippen molar-refractivity contribution in [3.05, 3.63) is 309 Å². The molecule has 19 aromatic rings. The molecule has 0 bridgehead atoms. The first kappa shape index (κ1) is 54.2. The third-order valence-corrected chi connectivity index (χ3v) is 23.0. The first-order chi connectivity index (χ1) is 48.6. The number of hydrogen-bond donors (Lipinski definition) is 0. The summed E-state index contributed by atoms with van der Waals surface area (Å²) in [6, 6.07) is 104. The van der Waals surface area contributed by atoms with Crippen LogP contribution in [0.15, 0.2) is 317 Å². The lowest BCUT2D eigenvalue weighted by molar-refractivity contribution is 0.965. The molecule has 2 aliphatic heterocycles. The van der Waals surface area contributed by atoms with Gasteiger partial charge in [0.15, 0.2) is 0 Å². The molecule has 22 rings (SSSR count). The van der Waals surface area contributed by atoms with Gasteiger partial charge in [0, 0.05) is 120 Å². The van der Waals surface area contributed by atoms with Gasteiger partial charge in [-0.1, -0.05) is 169 Å². The summed E-state index contributed by atoms with van der Waals surface area (Å²) >= 11 is 3.71. The largest absolute Gasteiger partial charge is 0.310 e. The van der Waals surface area contributed by atoms with E-state index in [2.05, 4.69) is 319 Å². The number of allylic oxidation sites excluding steroid dienone is 1. The Kier molecular flexibility index (Phi) is 11.5. The lowest BCUT2D eigenvalue weighted by atomic mass is 9.97. The molecule has 7 heterocycles. The second kappa shape index (κ2) is 20.7. The molecule has 1 aliphatic carbocycles. The van der Waals surface area contributed by atoms with Crippen molar-refractivity contribution in [2.24, 2.45) is 0 Å². The fraction of sp³-hybridized carbons (Fsp3) is 0.0227. The van der Waals surface area contributed by atoms with Gasteiger partial charge in [-0.2, -0.15) is 0 Å². The van der Waals surface area contributed by atoms with Crippen molar-refractivity contribution in [2.75, 3.05) is 9.80 Å². The van der Waals surface area contributed by atoms with Gasteiger partial charge < -0.3 is 28.1 Å². The molecule has 5 aromatic heterocycles. The summed E-state index contributed by atoms with van der Waals surface area (Å²) in [6.45, 7) is 0. The Morgan fingerprint density at radius 2 is 0.571 bits per heavy atom. The highest BCUT2D eigenvalue weighted by Crippen LogP contribution is 2.57. The van der Waals surface area contributed by atoms with Crippen molar-refractivity contribution in [3.63, 3.8) is 0 Å². The molecular formula is C88H54N8S2. The van der Waals surface area contributed by atoms with E-state index in [0.29, 0.717) is 0 Å². The summed E-state index contributed by atoms with van der Waals surface area (Å²) in [5.74, 6) is 0. The molecule has 0 saturated heterocycles. The zero-order chi connectivity index (χ0) is 63.8. The molecule has 8 nitrogen and oxygen atoms in total. The van der Waals surface area contributed by atoms with Crippen molar-refractivity contribution in [1.82, 2.24) is 28.2 Å². The molecule has 0 amide bonds. The predicted octanol–water partition coefficient (Wildman–Crippen LogP) is 24.0. The van der Waals surface area contributed by atoms with Crippen LogP contribution in [-0.4, -0.2) is 28.2 Å². The standard InChI is InChI=1S/C88H54N8S2/c1-9-25-71-59(17-1)60-18-2-10-26-72(60)91(71)55-35-41-79-83(49-55)97-84-50-56(92-73-27-11-3-19-61(73)62-20-4-12-28-74(62)92)36-42-80(84)95(79)53-33-39-67-69(47-53)70-48-54(34-40-68(70)88-87(67)89-45-46-90-88)96-81-43-37-57(93-75-29-13-5-21-63(75)64-22-6-14-30-76(64)93)51-85(81)98-86-52-58(38-44-82(86)96)94-77-31-15-7-23-65(77)66-24-8-16-32-78(66)94/h1-7,9-23,25-52H,8,24H2. The van der Waals surface area contributed by atoms with Crippen LogP contribution >= 0.6 is 23.5 Å². The van der Waals surface area contributed by atoms with Crippen LogP contribution in [0, 0.1) is 0 Å². The molecular weight excluding hydrogens is 1230 g/mol. The van der Waals surface area contributed by atoms with Crippen LogP contribution in [-0.2, 0) is 6.42 Å². The Hall–Kier alpha value is -12.1. The van der Waals surface area contributed by atoms with E-state index in [1.807, 2.05) is 35.9 Å². The summed E-state index contributed by atoms with van der Waals surface area (Å²) in [5.41, 5.74) is 23.9. The number of aryl methyl sites for hydroxylation is 1. The molecule has 3 aliphatic rings. The van der Waals surface area contributed by atoms with Crippen LogP contribution < -0.4 is 9.80 Å². The minimum absolute atomic E-state index is 0.876. The van der Waals surface area contributed by atoms with E-state index in [4.69, 9.17) is 9.97 Å². The molecule has 0 unspecified atom stereocenters. The Morgan fingerprint density at radius 3 is 0.929 bits per heavy atom. The molecule has 0 radical (unpaired) electrons. The van der Waals surface area contributed by atoms with E-state index in [1.165, 1.54) is 107 Å². The number of rotatable bonds is 6. The number of benzene rings is 14. The van der Waals surface area contributed by atoms with Crippen LogP contribution in [0.3, 0.4) is 0 Å². The molecule has 458 valence electrons. The fourth-order valence-electron chi connectivity index (χ4n) is 16.7. The number of hydrogen-bond acceptors (Lipinski definition) is 6. The summed E-state index contributed by atoms with van der Waals surface area (Å²) < 4.78 is 9.78. The van der Waals surface area contributed by atoms with Crippen molar-refractivity contribution >= 4 is 173 Å². The Bertz CT molecular complexity index is 6420. The normalized spacial score (nSPS) is 13.5. The summed E-state index contributed by atoms with van der Waals surface area (Å²) in [5, 5.41) is 13.1. The molecule has 10 heteroatoms. The summed E-state index contributed by atoms with van der Waals surface area (Å²) in [7, 11) is 0. The third kappa shape index (κ3) is 7.75. The number of aromatic nitrogens is 6. The van der Waals surface area contributed by atoms with Gasteiger partial charge >= 0.3 is 0 Å². The fourth-order valence-corrected chi connectivity index (χ4v) is 18.9. The van der Waals surface area contributed by atoms with Crippen LogP contribution in [0.5, 0.6) is 0 Å². The second-order valence-electron chi connectivity index (χ2n) is 26.0. The maximum atomic E-state index is 5.14. The number of fused-ring (bicyclic) bond motifs is 22. The van der Waals surface area contributed by atoms with Gasteiger partial charge in [0.2, 0.25) is 0 Å². The molecule has 98 heavy (non-hydrogen) atoms. The van der Waals surface area contributed by atoms with E-state index < -0.39 is 0 Å². The number of para-hydroxylation sites is 7. The quantitative estimate of drug-likeness (QED) is 0.155. The third-order valence-electron chi connectivity index (χ3n) is 20.8. The first-order valence-electron chi connectivity index (χ1n) is 33.5. The summed E-state index contributed by atoms with van der Waals surface area (Å²) in [6.07, 6.45) is 10.4. The maximum Gasteiger partial charge on any atom is 0.0971 e. The highest BCUT2D eigenvalue weighted by molar-refractivity contribution is 8.00. The molecule has 0 N–H and O–H groups in total. The number of anilines is 6. The SMILES string of the molecule is C1=Cc2c(c3ccccc3n2-c2ccc3c(c2)Sc2cc(-n4c5ccccc5c5ccccc54)ccc2N3c2ccc3c(c2)c2cc(N4c5ccc(-n6c7ccccc7c7ccccc76)cc5Sc5cc(-n6c7ccccc7c7ccccc76)ccc54)ccc2c2nccnc32)CC1. The highest BCUT2D eigenvalue weighted by Gasteiger charge is 2.31. The Morgan fingerprint density at radius 1 is 0.265 bits per heavy atom. The molecule has 0 fully saturated rings. The lowest BCUT2D eigenvalue weighted by Crippen LogP contribution is -2.16. The van der Waals surface area contributed by atoms with Crippen molar-refractivity contribution in [3.8, 4) is 22.7 Å². The van der Waals surface area contributed by atoms with E-state index in [9.17, 15) is 0 Å². The van der Waals surface area contributed by atoms with Gasteiger partial charge in [0.05, 0.1) is 72.4 Å². The smallest absolute Gasteiger partial charge is 0.0971 e. The Labute approximate surface area is 570 Å². The predicted molar refractivity (Wildman–Crippen MR) is 409 cm³/mol. The van der Waals surface area contributed by atoms with Crippen molar-refractivity contribution in [1.29, 1.82) is 0 Å². The topological polar surface area (TPSA) is 52.0 Å². The average Bonchev–Trinajstić information content (AvgIpc) is 0.998. The molecule has 0 atom stereocenters. The monoisotopic (exact) mass is 1290 g/mol. The lowest BCUT2D eigenvalue weighted by Gasteiger charge is -2.34. The zero-order valence-electron chi connectivity index (χ0n) is 52.7. The zero-order valence-corrected chi connectivity index (χ0v) is 54.3. The van der Waals surface area contributed by atoms with Crippen LogP contribution in [0.2, 0.25) is 0 Å². The summed E-state index contributed by atoms with van der Waals surface area (Å²) in [4.78, 5) is 19.9. The minimum Gasteiger partial charge on any atom is -0.310 e. The first-order valence-corrected chi connectivity index (χ1v) is 35.1. The number of nitrogens with zero attached hydrogens (tertiary/aromatic N) is 8. The van der Waals surface area contributed by atoms with E-state index in [-0.39, 0.29) is 0 Å². The maximum absolute atomic E-state index is 5.14. The Balaban J connectivity index is 0.754. The van der Waals surface area contributed by atoms with Crippen molar-refractivity contribution in [2.45, 2.75) is 32.4 Å². The van der Waals surface area contributed by atoms with E-state index >= 15 is 0 Å². The van der Waals surface area contributed by atoms with Gasteiger partial charge in [-0.15, -0.1) is 0 Å². The minimum atomic E-state index is 0.876. The average molecular weight is 1290 g/mol. The van der Waals surface area contributed by atoms with E-state index in [0.717, 1.165) is 102 Å². The molecule has 0 spiro atoms. The van der Waals surface area contributed by atoms with Crippen LogP contribution in [0.25, 0.3) is 138 Å². The van der Waals surface area contributed by atoms with Crippen LogP contribution in [0.1, 0.15) is 17.7 Å². The van der Waals surface area contributed by atoms with Crippen molar-refractivity contribution < 1.29 is 0 Å². The van der Waals surface area contributed by atoms with Gasteiger partial charge in [-0.3, -0.25) is 9.97 Å².